The van der Waals surface area contributed by atoms with Crippen molar-refractivity contribution in [2.45, 2.75) is 13.3 Å². The Morgan fingerprint density at radius 1 is 1.27 bits per heavy atom. The molecule has 0 aromatic carbocycles. The molecule has 0 fully saturated rings. The van der Waals surface area contributed by atoms with E-state index in [-0.39, 0.29) is 13.2 Å². The van der Waals surface area contributed by atoms with Crippen LogP contribution in [-0.2, 0) is 13.8 Å². The lowest BCUT2D eigenvalue weighted by atomic mass is 10.5. The second-order valence-corrected chi connectivity index (χ2v) is 3.05. The average Bonchev–Trinajstić information content (AvgIpc) is 1.85. The van der Waals surface area contributed by atoms with Gasteiger partial charge in [0.1, 0.15) is 0 Å². The summed E-state index contributed by atoms with van der Waals surface area (Å²) in [5.41, 5.74) is 0. The number of rotatable bonds is 6. The molecule has 5 nitrogen and oxygen atoms in total. The predicted molar refractivity (Wildman–Crippen MR) is 34.7 cm³/mol. The average molecular weight is 182 g/mol. The van der Waals surface area contributed by atoms with Crippen molar-refractivity contribution in [3.05, 3.63) is 0 Å². The first-order valence-corrected chi connectivity index (χ1v) is 4.76. The highest BCUT2D eigenvalue weighted by Gasteiger charge is 1.90. The van der Waals surface area contributed by atoms with Gasteiger partial charge in [-0.1, -0.05) is 6.92 Å². The first kappa shape index (κ1) is 11.1. The molecule has 0 aliphatic rings. The Labute approximate surface area is 65.6 Å². The first-order valence-electron chi connectivity index (χ1n) is 3.30. The number of hydrogen-bond acceptors (Lipinski definition) is 5. The van der Waals surface area contributed by atoms with Crippen LogP contribution in [0.1, 0.15) is 13.3 Å². The number of phosphoric acid groups is 1. The van der Waals surface area contributed by atoms with Crippen molar-refractivity contribution >= 4 is 7.82 Å². The van der Waals surface area contributed by atoms with Crippen LogP contribution in [0.5, 0.6) is 0 Å². The van der Waals surface area contributed by atoms with Crippen molar-refractivity contribution in [2.24, 2.45) is 0 Å². The van der Waals surface area contributed by atoms with Crippen LogP contribution in [0.4, 0.5) is 0 Å². The van der Waals surface area contributed by atoms with Crippen molar-refractivity contribution in [1.82, 2.24) is 0 Å². The van der Waals surface area contributed by atoms with E-state index in [4.69, 9.17) is 4.74 Å². The van der Waals surface area contributed by atoms with Crippen molar-refractivity contribution in [1.29, 1.82) is 0 Å². The van der Waals surface area contributed by atoms with E-state index in [2.05, 4.69) is 4.52 Å². The highest BCUT2D eigenvalue weighted by atomic mass is 31.2. The van der Waals surface area contributed by atoms with E-state index in [0.717, 1.165) is 6.42 Å². The Morgan fingerprint density at radius 2 is 1.91 bits per heavy atom. The van der Waals surface area contributed by atoms with Crippen molar-refractivity contribution in [3.8, 4) is 0 Å². The lowest BCUT2D eigenvalue weighted by Gasteiger charge is -2.28. The summed E-state index contributed by atoms with van der Waals surface area (Å²) in [6.07, 6.45) is 0.854. The van der Waals surface area contributed by atoms with Crippen LogP contribution in [0.25, 0.3) is 0 Å². The van der Waals surface area contributed by atoms with Gasteiger partial charge in [0.15, 0.2) is 0 Å². The van der Waals surface area contributed by atoms with Gasteiger partial charge in [-0.05, 0) is 6.42 Å². The third kappa shape index (κ3) is 10.1. The molecule has 0 bridgehead atoms. The third-order valence-electron chi connectivity index (χ3n) is 0.826. The van der Waals surface area contributed by atoms with Crippen molar-refractivity contribution < 1.29 is 23.6 Å². The largest absolute Gasteiger partial charge is 0.790 e. The maximum atomic E-state index is 9.86. The molecule has 6 heteroatoms. The fourth-order valence-corrected chi connectivity index (χ4v) is 0.753. The summed E-state index contributed by atoms with van der Waals surface area (Å²) in [6, 6.07) is 0. The van der Waals surface area contributed by atoms with E-state index in [0.29, 0.717) is 6.61 Å². The molecule has 0 N–H and O–H groups in total. The molecule has 11 heavy (non-hydrogen) atoms. The van der Waals surface area contributed by atoms with E-state index in [1.54, 1.807) is 0 Å². The standard InChI is InChI=1S/C5H13O5P/c1-2-3-9-4-5-10-11(6,7)8/h2-5H2,1H3,(H2,6,7,8)/p-2. The van der Waals surface area contributed by atoms with E-state index < -0.39 is 7.82 Å². The Kier molecular flexibility index (Phi) is 5.72. The fraction of sp³-hybridized carbons (Fsp3) is 1.00. The van der Waals surface area contributed by atoms with Gasteiger partial charge in [-0.25, -0.2) is 0 Å². The van der Waals surface area contributed by atoms with E-state index in [1.807, 2.05) is 6.92 Å². The molecule has 0 atom stereocenters. The Morgan fingerprint density at radius 3 is 2.36 bits per heavy atom. The van der Waals surface area contributed by atoms with Gasteiger partial charge >= 0.3 is 0 Å². The SMILES string of the molecule is CCCOCCOP(=O)([O-])[O-]. The van der Waals surface area contributed by atoms with Gasteiger partial charge in [-0.2, -0.15) is 0 Å². The maximum absolute atomic E-state index is 9.86. The molecule has 0 unspecified atom stereocenters. The first-order chi connectivity index (χ1) is 5.06. The molecule has 0 rings (SSSR count). The summed E-state index contributed by atoms with van der Waals surface area (Å²) in [6.45, 7) is 2.42. The predicted octanol–water partition coefficient (Wildman–Crippen LogP) is -0.742. The Bertz CT molecular complexity index is 131. The number of hydrogen-bond donors (Lipinski definition) is 0. The second kappa shape index (κ2) is 5.69. The summed E-state index contributed by atoms with van der Waals surface area (Å²) in [5.74, 6) is 0. The molecule has 0 aliphatic carbocycles. The van der Waals surface area contributed by atoms with Gasteiger partial charge < -0.3 is 23.6 Å². The normalized spacial score (nSPS) is 11.9. The molecule has 0 heterocycles. The molecule has 0 aliphatic heterocycles. The molecule has 0 amide bonds. The lowest BCUT2D eigenvalue weighted by molar-refractivity contribution is -0.342. The highest BCUT2D eigenvalue weighted by molar-refractivity contribution is 7.43. The summed E-state index contributed by atoms with van der Waals surface area (Å²) in [4.78, 5) is 19.7. The van der Waals surface area contributed by atoms with E-state index in [1.165, 1.54) is 0 Å². The van der Waals surface area contributed by atoms with Crippen LogP contribution >= 0.6 is 7.82 Å². The molecule has 0 saturated carbocycles. The van der Waals surface area contributed by atoms with E-state index in [9.17, 15) is 14.4 Å². The van der Waals surface area contributed by atoms with E-state index >= 15 is 0 Å². The van der Waals surface area contributed by atoms with Crippen LogP contribution in [-0.4, -0.2) is 19.8 Å². The van der Waals surface area contributed by atoms with Crippen LogP contribution < -0.4 is 9.79 Å². The molecule has 0 radical (unpaired) electrons. The fourth-order valence-electron chi connectivity index (χ4n) is 0.454. The van der Waals surface area contributed by atoms with Gasteiger partial charge in [0.25, 0.3) is 0 Å². The highest BCUT2D eigenvalue weighted by Crippen LogP contribution is 2.23. The van der Waals surface area contributed by atoms with Crippen molar-refractivity contribution in [3.63, 3.8) is 0 Å². The molecule has 0 saturated heterocycles. The Hall–Kier alpha value is 0.0700. The quantitative estimate of drug-likeness (QED) is 0.399. The van der Waals surface area contributed by atoms with Gasteiger partial charge in [-0.15, -0.1) is 0 Å². The zero-order valence-electron chi connectivity index (χ0n) is 6.32. The van der Waals surface area contributed by atoms with Gasteiger partial charge in [-0.3, -0.25) is 0 Å². The minimum Gasteiger partial charge on any atom is -0.790 e. The zero-order valence-corrected chi connectivity index (χ0v) is 7.21. The minimum atomic E-state index is -4.79. The van der Waals surface area contributed by atoms with Crippen LogP contribution in [0.2, 0.25) is 0 Å². The third-order valence-corrected chi connectivity index (χ3v) is 1.32. The molecular formula is C5H11O5P-2. The molecule has 68 valence electrons. The van der Waals surface area contributed by atoms with Gasteiger partial charge in [0, 0.05) is 6.61 Å². The smallest absolute Gasteiger partial charge is 0.0752 e. The second-order valence-electron chi connectivity index (χ2n) is 1.89. The minimum absolute atomic E-state index is 0.141. The van der Waals surface area contributed by atoms with Crippen molar-refractivity contribution in [2.75, 3.05) is 19.8 Å². The lowest BCUT2D eigenvalue weighted by Crippen LogP contribution is -2.18. The summed E-state index contributed by atoms with van der Waals surface area (Å²) >= 11 is 0. The molecular weight excluding hydrogens is 171 g/mol. The monoisotopic (exact) mass is 182 g/mol. The summed E-state index contributed by atoms with van der Waals surface area (Å²) < 4.78 is 18.6. The van der Waals surface area contributed by atoms with Gasteiger partial charge in [0.05, 0.1) is 21.0 Å². The summed E-state index contributed by atoms with van der Waals surface area (Å²) in [7, 11) is -4.79. The zero-order chi connectivity index (χ0) is 8.74. The molecule has 0 aromatic heterocycles. The molecule has 0 aromatic rings. The summed E-state index contributed by atoms with van der Waals surface area (Å²) in [5, 5.41) is 0. The molecule has 0 spiro atoms. The van der Waals surface area contributed by atoms with Crippen LogP contribution in [0.15, 0.2) is 0 Å². The number of phosphoric ester groups is 1. The topological polar surface area (TPSA) is 81.7 Å². The van der Waals surface area contributed by atoms with Crippen LogP contribution in [0.3, 0.4) is 0 Å². The van der Waals surface area contributed by atoms with Gasteiger partial charge in [0.2, 0.25) is 0 Å². The van der Waals surface area contributed by atoms with Crippen LogP contribution in [0, 0.1) is 0 Å². The maximum Gasteiger partial charge on any atom is 0.0752 e. The number of ether oxygens (including phenoxy) is 1. The Balaban J connectivity index is 3.09.